The lowest BCUT2D eigenvalue weighted by Gasteiger charge is -2.33. The van der Waals surface area contributed by atoms with Crippen LogP contribution in [0.2, 0.25) is 0 Å². The van der Waals surface area contributed by atoms with Gasteiger partial charge in [-0.2, -0.15) is 0 Å². The predicted octanol–water partition coefficient (Wildman–Crippen LogP) is 3.11. The summed E-state index contributed by atoms with van der Waals surface area (Å²) in [6.07, 6.45) is 0.0341. The number of ether oxygens (including phenoxy) is 1. The number of hydrogen-bond donors (Lipinski definition) is 1. The summed E-state index contributed by atoms with van der Waals surface area (Å²) in [7, 11) is 0. The third-order valence-corrected chi connectivity index (χ3v) is 5.46. The lowest BCUT2D eigenvalue weighted by atomic mass is 10.2. The standard InChI is InChI=1S/C19H27N3O3S/c1-12(2)10-22-7-8-24-15(11-22)9-20-18(23)17-14(4)21-19(26-17)16-6-5-13(3)25-16/h5-6,12,15H,7-11H2,1-4H3,(H,20,23)/t15-/m1/s1. The second-order valence-corrected chi connectivity index (χ2v) is 8.20. The van der Waals surface area contributed by atoms with Crippen LogP contribution in [0.25, 0.3) is 10.8 Å². The number of carbonyl (C=O) groups is 1. The van der Waals surface area contributed by atoms with Crippen molar-refractivity contribution in [3.05, 3.63) is 28.5 Å². The molecule has 1 N–H and O–H groups in total. The summed E-state index contributed by atoms with van der Waals surface area (Å²) in [6, 6.07) is 3.78. The fraction of sp³-hybridized carbons (Fsp3) is 0.579. The number of aromatic nitrogens is 1. The fourth-order valence-corrected chi connectivity index (χ4v) is 4.08. The molecular formula is C19H27N3O3S. The zero-order chi connectivity index (χ0) is 18.7. The van der Waals surface area contributed by atoms with Crippen molar-refractivity contribution in [1.82, 2.24) is 15.2 Å². The molecule has 0 bridgehead atoms. The first-order valence-electron chi connectivity index (χ1n) is 9.08. The molecule has 26 heavy (non-hydrogen) atoms. The molecule has 3 rings (SSSR count). The van der Waals surface area contributed by atoms with Crippen molar-refractivity contribution in [2.24, 2.45) is 5.92 Å². The van der Waals surface area contributed by atoms with E-state index in [0.29, 0.717) is 23.1 Å². The van der Waals surface area contributed by atoms with E-state index in [4.69, 9.17) is 9.15 Å². The van der Waals surface area contributed by atoms with Gasteiger partial charge in [0.05, 0.1) is 18.4 Å². The highest BCUT2D eigenvalue weighted by Crippen LogP contribution is 2.29. The van der Waals surface area contributed by atoms with Gasteiger partial charge in [0, 0.05) is 26.2 Å². The van der Waals surface area contributed by atoms with Crippen molar-refractivity contribution in [3.8, 4) is 10.8 Å². The van der Waals surface area contributed by atoms with Gasteiger partial charge in [-0.05, 0) is 31.9 Å². The summed E-state index contributed by atoms with van der Waals surface area (Å²) in [6.45, 7) is 12.3. The van der Waals surface area contributed by atoms with E-state index in [1.54, 1.807) is 0 Å². The summed E-state index contributed by atoms with van der Waals surface area (Å²) >= 11 is 1.36. The Kier molecular flexibility index (Phi) is 6.11. The summed E-state index contributed by atoms with van der Waals surface area (Å²) in [5.74, 6) is 2.07. The van der Waals surface area contributed by atoms with Gasteiger partial charge in [-0.15, -0.1) is 11.3 Å². The van der Waals surface area contributed by atoms with Crippen LogP contribution in [0.4, 0.5) is 0 Å². The molecule has 0 saturated carbocycles. The number of nitrogens with one attached hydrogen (secondary N) is 1. The molecule has 7 heteroatoms. The molecule has 1 amide bonds. The Bertz CT molecular complexity index is 753. The summed E-state index contributed by atoms with van der Waals surface area (Å²) < 4.78 is 11.4. The van der Waals surface area contributed by atoms with Gasteiger partial charge in [-0.1, -0.05) is 13.8 Å². The van der Waals surface area contributed by atoms with Crippen LogP contribution in [0.3, 0.4) is 0 Å². The van der Waals surface area contributed by atoms with Gasteiger partial charge in [0.2, 0.25) is 0 Å². The smallest absolute Gasteiger partial charge is 0.263 e. The Morgan fingerprint density at radius 1 is 1.42 bits per heavy atom. The van der Waals surface area contributed by atoms with Crippen LogP contribution in [0.5, 0.6) is 0 Å². The normalized spacial score (nSPS) is 18.4. The third-order valence-electron chi connectivity index (χ3n) is 4.29. The lowest BCUT2D eigenvalue weighted by Crippen LogP contribution is -2.48. The number of morpholine rings is 1. The second kappa shape index (κ2) is 8.33. The Morgan fingerprint density at radius 2 is 2.23 bits per heavy atom. The van der Waals surface area contributed by atoms with E-state index >= 15 is 0 Å². The molecule has 0 radical (unpaired) electrons. The molecule has 1 atom stereocenters. The summed E-state index contributed by atoms with van der Waals surface area (Å²) in [4.78, 5) is 20.1. The van der Waals surface area contributed by atoms with Crippen molar-refractivity contribution in [1.29, 1.82) is 0 Å². The molecule has 0 unspecified atom stereocenters. The lowest BCUT2D eigenvalue weighted by molar-refractivity contribution is -0.0295. The van der Waals surface area contributed by atoms with E-state index < -0.39 is 0 Å². The number of amides is 1. The van der Waals surface area contributed by atoms with Crippen LogP contribution in [-0.2, 0) is 4.74 Å². The van der Waals surface area contributed by atoms with E-state index in [0.717, 1.165) is 42.7 Å². The summed E-state index contributed by atoms with van der Waals surface area (Å²) in [5.41, 5.74) is 0.725. The van der Waals surface area contributed by atoms with Gasteiger partial charge >= 0.3 is 0 Å². The zero-order valence-electron chi connectivity index (χ0n) is 15.9. The first-order chi connectivity index (χ1) is 12.4. The van der Waals surface area contributed by atoms with Gasteiger partial charge in [0.15, 0.2) is 10.8 Å². The highest BCUT2D eigenvalue weighted by Gasteiger charge is 2.23. The molecule has 0 aliphatic carbocycles. The van der Waals surface area contributed by atoms with E-state index in [1.165, 1.54) is 11.3 Å². The molecule has 2 aromatic heterocycles. The minimum atomic E-state index is -0.0980. The monoisotopic (exact) mass is 377 g/mol. The molecule has 6 nitrogen and oxygen atoms in total. The Hall–Kier alpha value is -1.70. The average Bonchev–Trinajstić information content (AvgIpc) is 3.18. The molecule has 0 spiro atoms. The van der Waals surface area contributed by atoms with E-state index in [2.05, 4.69) is 29.0 Å². The van der Waals surface area contributed by atoms with Crippen LogP contribution in [-0.4, -0.2) is 54.7 Å². The van der Waals surface area contributed by atoms with Gasteiger partial charge in [-0.25, -0.2) is 4.98 Å². The van der Waals surface area contributed by atoms with Crippen LogP contribution < -0.4 is 5.32 Å². The quantitative estimate of drug-likeness (QED) is 0.838. The molecule has 1 aliphatic heterocycles. The zero-order valence-corrected chi connectivity index (χ0v) is 16.7. The number of thiazole rings is 1. The molecule has 2 aromatic rings. The molecule has 0 aromatic carbocycles. The highest BCUT2D eigenvalue weighted by atomic mass is 32.1. The van der Waals surface area contributed by atoms with E-state index in [9.17, 15) is 4.79 Å². The Labute approximate surface area is 158 Å². The summed E-state index contributed by atoms with van der Waals surface area (Å²) in [5, 5.41) is 3.74. The number of carbonyl (C=O) groups excluding carboxylic acids is 1. The average molecular weight is 378 g/mol. The maximum atomic E-state index is 12.6. The van der Waals surface area contributed by atoms with Gasteiger partial charge in [0.25, 0.3) is 5.91 Å². The minimum Gasteiger partial charge on any atom is -0.459 e. The van der Waals surface area contributed by atoms with Crippen molar-refractivity contribution in [2.45, 2.75) is 33.8 Å². The van der Waals surface area contributed by atoms with Crippen LogP contribution in [0.15, 0.2) is 16.5 Å². The maximum Gasteiger partial charge on any atom is 0.263 e. The van der Waals surface area contributed by atoms with E-state index in [-0.39, 0.29) is 12.0 Å². The number of rotatable bonds is 6. The van der Waals surface area contributed by atoms with Crippen LogP contribution >= 0.6 is 11.3 Å². The van der Waals surface area contributed by atoms with Gasteiger partial charge < -0.3 is 14.5 Å². The fourth-order valence-electron chi connectivity index (χ4n) is 3.13. The van der Waals surface area contributed by atoms with Crippen molar-refractivity contribution in [2.75, 3.05) is 32.8 Å². The predicted molar refractivity (Wildman–Crippen MR) is 103 cm³/mol. The van der Waals surface area contributed by atoms with Crippen molar-refractivity contribution >= 4 is 17.2 Å². The largest absolute Gasteiger partial charge is 0.459 e. The molecule has 142 valence electrons. The minimum absolute atomic E-state index is 0.0341. The van der Waals surface area contributed by atoms with E-state index in [1.807, 2.05) is 26.0 Å². The number of aryl methyl sites for hydroxylation is 2. The molecule has 1 aliphatic rings. The SMILES string of the molecule is Cc1ccc(-c2nc(C)c(C(=O)NC[C@@H]3CN(CC(C)C)CCO3)s2)o1. The third kappa shape index (κ3) is 4.72. The van der Waals surface area contributed by atoms with Crippen molar-refractivity contribution < 1.29 is 13.9 Å². The first kappa shape index (κ1) is 19.1. The number of furan rings is 1. The van der Waals surface area contributed by atoms with Gasteiger partial charge in [-0.3, -0.25) is 9.69 Å². The van der Waals surface area contributed by atoms with Crippen molar-refractivity contribution in [3.63, 3.8) is 0 Å². The maximum absolute atomic E-state index is 12.6. The second-order valence-electron chi connectivity index (χ2n) is 7.20. The molecule has 1 saturated heterocycles. The Balaban J connectivity index is 1.57. The number of nitrogens with zero attached hydrogens (tertiary/aromatic N) is 2. The molecular weight excluding hydrogens is 350 g/mol. The van der Waals surface area contributed by atoms with Gasteiger partial charge in [0.1, 0.15) is 10.6 Å². The van der Waals surface area contributed by atoms with Crippen LogP contribution in [0.1, 0.15) is 35.0 Å². The highest BCUT2D eigenvalue weighted by molar-refractivity contribution is 7.17. The molecule has 1 fully saturated rings. The van der Waals surface area contributed by atoms with Crippen LogP contribution in [0, 0.1) is 19.8 Å². The molecule has 3 heterocycles. The Morgan fingerprint density at radius 3 is 2.92 bits per heavy atom. The topological polar surface area (TPSA) is 67.6 Å². The first-order valence-corrected chi connectivity index (χ1v) is 9.90. The number of hydrogen-bond acceptors (Lipinski definition) is 6.